The summed E-state index contributed by atoms with van der Waals surface area (Å²) in [6.07, 6.45) is 7.67. The van der Waals surface area contributed by atoms with E-state index in [0.717, 1.165) is 12.5 Å². The third kappa shape index (κ3) is 0.846. The summed E-state index contributed by atoms with van der Waals surface area (Å²) in [4.78, 5) is 0. The van der Waals surface area contributed by atoms with Crippen LogP contribution in [0.15, 0.2) is 11.8 Å². The van der Waals surface area contributed by atoms with Gasteiger partial charge in [0.1, 0.15) is 0 Å². The Kier molecular flexibility index (Phi) is 1.22. The van der Waals surface area contributed by atoms with Crippen LogP contribution in [0.2, 0.25) is 0 Å². The van der Waals surface area contributed by atoms with Gasteiger partial charge in [-0.25, -0.2) is 0 Å². The molecule has 0 spiro atoms. The van der Waals surface area contributed by atoms with Gasteiger partial charge in [-0.2, -0.15) is 0 Å². The Morgan fingerprint density at radius 1 is 1.44 bits per heavy atom. The lowest BCUT2D eigenvalue weighted by molar-refractivity contribution is 0.363. The molecule has 1 radical (unpaired) electrons. The first-order valence-electron chi connectivity index (χ1n) is 3.82. The van der Waals surface area contributed by atoms with Crippen molar-refractivity contribution in [3.8, 4) is 0 Å². The average Bonchev–Trinajstić information content (AvgIpc) is 2.11. The Bertz CT molecular complexity index is 134. The summed E-state index contributed by atoms with van der Waals surface area (Å²) in [6, 6.07) is 0. The number of hydrogen-bond acceptors (Lipinski definition) is 0. The molecule has 0 bridgehead atoms. The Hall–Kier alpha value is -0.460. The normalized spacial score (nSPS) is 26.9. The average molecular weight is 122 g/mol. The summed E-state index contributed by atoms with van der Waals surface area (Å²) in [5, 5.41) is 4.21. The smallest absolute Gasteiger partial charge is 0.0427 e. The molecule has 0 N–H and O–H groups in total. The lowest BCUT2D eigenvalue weighted by Gasteiger charge is -2.25. The summed E-state index contributed by atoms with van der Waals surface area (Å²) in [7, 11) is 0. The van der Waals surface area contributed by atoms with E-state index in [9.17, 15) is 0 Å². The van der Waals surface area contributed by atoms with Crippen LogP contribution in [0.4, 0.5) is 0 Å². The molecule has 0 aromatic heterocycles. The largest absolute Gasteiger partial charge is 0.293 e. The van der Waals surface area contributed by atoms with Crippen LogP contribution in [0.1, 0.15) is 25.7 Å². The zero-order chi connectivity index (χ0) is 6.10. The maximum absolute atomic E-state index is 4.21. The van der Waals surface area contributed by atoms with Crippen molar-refractivity contribution in [3.05, 3.63) is 11.8 Å². The Morgan fingerprint density at radius 3 is 2.78 bits per heavy atom. The van der Waals surface area contributed by atoms with Crippen molar-refractivity contribution in [1.29, 1.82) is 0 Å². The van der Waals surface area contributed by atoms with Gasteiger partial charge >= 0.3 is 0 Å². The molecule has 1 nitrogen and oxygen atoms in total. The number of nitrogens with zero attached hydrogens (tertiary/aromatic N) is 1. The molecule has 1 aliphatic carbocycles. The fourth-order valence-corrected chi connectivity index (χ4v) is 1.53. The zero-order valence-corrected chi connectivity index (χ0v) is 5.64. The molecule has 0 atom stereocenters. The fraction of sp³-hybridized carbons (Fsp3) is 0.750. The standard InChI is InChI=1S/C8H12N/c1-2-7(3-1)8-4-5-9-6-8/h6-7H,1-5H2. The minimum absolute atomic E-state index is 0.941. The SMILES string of the molecule is C1=C(C2CCC2)CC[N]1. The van der Waals surface area contributed by atoms with Crippen molar-refractivity contribution in [3.63, 3.8) is 0 Å². The molecular weight excluding hydrogens is 110 g/mol. The second-order valence-corrected chi connectivity index (χ2v) is 2.99. The van der Waals surface area contributed by atoms with E-state index in [1.807, 2.05) is 0 Å². The molecule has 2 aliphatic rings. The number of rotatable bonds is 1. The van der Waals surface area contributed by atoms with Crippen molar-refractivity contribution in [2.75, 3.05) is 6.54 Å². The highest BCUT2D eigenvalue weighted by atomic mass is 14.9. The first-order chi connectivity index (χ1) is 4.47. The van der Waals surface area contributed by atoms with Crippen LogP contribution in [0.5, 0.6) is 0 Å². The molecule has 0 unspecified atom stereocenters. The summed E-state index contributed by atoms with van der Waals surface area (Å²) in [5.74, 6) is 0.941. The lowest BCUT2D eigenvalue weighted by Crippen LogP contribution is -2.12. The Labute approximate surface area is 56.1 Å². The maximum atomic E-state index is 4.21. The van der Waals surface area contributed by atoms with Gasteiger partial charge in [0, 0.05) is 12.7 Å². The van der Waals surface area contributed by atoms with E-state index in [1.165, 1.54) is 25.7 Å². The number of hydrogen-bond donors (Lipinski definition) is 0. The highest BCUT2D eigenvalue weighted by Gasteiger charge is 2.23. The van der Waals surface area contributed by atoms with Crippen molar-refractivity contribution >= 4 is 0 Å². The summed E-state index contributed by atoms with van der Waals surface area (Å²) in [6.45, 7) is 1.06. The van der Waals surface area contributed by atoms with Gasteiger partial charge in [-0.3, -0.25) is 5.32 Å². The first kappa shape index (κ1) is 5.33. The molecule has 1 heterocycles. The van der Waals surface area contributed by atoms with Gasteiger partial charge in [-0.1, -0.05) is 6.42 Å². The van der Waals surface area contributed by atoms with Gasteiger partial charge in [-0.05, 0) is 30.8 Å². The summed E-state index contributed by atoms with van der Waals surface area (Å²) in [5.41, 5.74) is 1.63. The van der Waals surface area contributed by atoms with Gasteiger partial charge < -0.3 is 0 Å². The highest BCUT2D eigenvalue weighted by molar-refractivity contribution is 5.12. The fourth-order valence-electron chi connectivity index (χ4n) is 1.53. The van der Waals surface area contributed by atoms with E-state index in [0.29, 0.717) is 0 Å². The molecule has 1 fully saturated rings. The molecule has 1 saturated carbocycles. The molecule has 0 aromatic carbocycles. The Morgan fingerprint density at radius 2 is 2.33 bits per heavy atom. The van der Waals surface area contributed by atoms with Gasteiger partial charge in [0.15, 0.2) is 0 Å². The van der Waals surface area contributed by atoms with Crippen molar-refractivity contribution in [1.82, 2.24) is 5.32 Å². The molecule has 49 valence electrons. The third-order valence-electron chi connectivity index (χ3n) is 2.42. The van der Waals surface area contributed by atoms with Gasteiger partial charge in [0.05, 0.1) is 0 Å². The maximum Gasteiger partial charge on any atom is 0.0427 e. The van der Waals surface area contributed by atoms with Gasteiger partial charge in [-0.15, -0.1) is 0 Å². The van der Waals surface area contributed by atoms with E-state index in [2.05, 4.69) is 11.5 Å². The summed E-state index contributed by atoms with van der Waals surface area (Å²) < 4.78 is 0. The topological polar surface area (TPSA) is 14.1 Å². The van der Waals surface area contributed by atoms with E-state index in [1.54, 1.807) is 5.57 Å². The molecule has 1 aliphatic heterocycles. The molecule has 0 aromatic rings. The van der Waals surface area contributed by atoms with Crippen LogP contribution in [0.3, 0.4) is 0 Å². The van der Waals surface area contributed by atoms with Crippen molar-refractivity contribution in [2.45, 2.75) is 25.7 Å². The van der Waals surface area contributed by atoms with E-state index in [-0.39, 0.29) is 0 Å². The van der Waals surface area contributed by atoms with Crippen LogP contribution in [0.25, 0.3) is 0 Å². The van der Waals surface area contributed by atoms with Gasteiger partial charge in [0.25, 0.3) is 0 Å². The van der Waals surface area contributed by atoms with Crippen molar-refractivity contribution < 1.29 is 0 Å². The zero-order valence-electron chi connectivity index (χ0n) is 5.64. The van der Waals surface area contributed by atoms with Crippen LogP contribution in [-0.4, -0.2) is 6.54 Å². The molecule has 0 saturated heterocycles. The lowest BCUT2D eigenvalue weighted by atomic mass is 9.79. The highest BCUT2D eigenvalue weighted by Crippen LogP contribution is 2.35. The van der Waals surface area contributed by atoms with Gasteiger partial charge in [0.2, 0.25) is 0 Å². The minimum atomic E-state index is 0.941. The van der Waals surface area contributed by atoms with Crippen molar-refractivity contribution in [2.24, 2.45) is 5.92 Å². The van der Waals surface area contributed by atoms with Crippen LogP contribution < -0.4 is 5.32 Å². The van der Waals surface area contributed by atoms with E-state index < -0.39 is 0 Å². The second kappa shape index (κ2) is 2.05. The molecule has 9 heavy (non-hydrogen) atoms. The third-order valence-corrected chi connectivity index (χ3v) is 2.42. The second-order valence-electron chi connectivity index (χ2n) is 2.99. The monoisotopic (exact) mass is 122 g/mol. The van der Waals surface area contributed by atoms with Crippen LogP contribution in [-0.2, 0) is 0 Å². The Balaban J connectivity index is 1.95. The van der Waals surface area contributed by atoms with Crippen LogP contribution >= 0.6 is 0 Å². The molecule has 0 amide bonds. The van der Waals surface area contributed by atoms with E-state index in [4.69, 9.17) is 0 Å². The quantitative estimate of drug-likeness (QED) is 0.502. The molecular formula is C8H12N. The minimum Gasteiger partial charge on any atom is -0.293 e. The predicted molar refractivity (Wildman–Crippen MR) is 37.0 cm³/mol. The van der Waals surface area contributed by atoms with Crippen LogP contribution in [0, 0.1) is 5.92 Å². The predicted octanol–water partition coefficient (Wildman–Crippen LogP) is 1.68. The summed E-state index contributed by atoms with van der Waals surface area (Å²) >= 11 is 0. The molecule has 1 heteroatoms. The first-order valence-corrected chi connectivity index (χ1v) is 3.82. The van der Waals surface area contributed by atoms with E-state index >= 15 is 0 Å². The molecule has 2 rings (SSSR count).